The van der Waals surface area contributed by atoms with Gasteiger partial charge in [0.2, 0.25) is 0 Å². The lowest BCUT2D eigenvalue weighted by atomic mass is 9.75. The van der Waals surface area contributed by atoms with Crippen LogP contribution in [0, 0.1) is 5.41 Å². The summed E-state index contributed by atoms with van der Waals surface area (Å²) in [4.78, 5) is 0. The molecule has 2 heteroatoms. The minimum Gasteiger partial charge on any atom is -0.310 e. The van der Waals surface area contributed by atoms with Gasteiger partial charge in [-0.3, -0.25) is 0 Å². The molecule has 0 saturated heterocycles. The summed E-state index contributed by atoms with van der Waals surface area (Å²) in [6.07, 6.45) is 6.93. The first-order valence-electron chi connectivity index (χ1n) is 7.08. The summed E-state index contributed by atoms with van der Waals surface area (Å²) in [7, 11) is 0. The second kappa shape index (κ2) is 6.08. The summed E-state index contributed by atoms with van der Waals surface area (Å²) in [6.45, 7) is 5.75. The van der Waals surface area contributed by atoms with Crippen molar-refractivity contribution in [1.82, 2.24) is 5.32 Å². The molecule has 0 aromatic heterocycles. The Morgan fingerprint density at radius 2 is 2.00 bits per heavy atom. The molecule has 100 valence electrons. The molecule has 1 unspecified atom stereocenters. The first-order chi connectivity index (χ1) is 8.59. The van der Waals surface area contributed by atoms with Crippen LogP contribution in [-0.2, 0) is 0 Å². The van der Waals surface area contributed by atoms with Crippen molar-refractivity contribution in [3.05, 3.63) is 34.9 Å². The Hall–Kier alpha value is -0.530. The van der Waals surface area contributed by atoms with Crippen LogP contribution >= 0.6 is 11.6 Å². The molecule has 1 saturated carbocycles. The molecule has 2 rings (SSSR count). The maximum absolute atomic E-state index is 6.04. The molecular weight excluding hydrogens is 242 g/mol. The standard InChI is InChI=1S/C16H24ClN/c1-13(14-7-6-8-15(17)11-14)18-12-16(2)9-4-3-5-10-16/h6-8,11,13,18H,3-5,9-10,12H2,1-2H3. The fraction of sp³-hybridized carbons (Fsp3) is 0.625. The van der Waals surface area contributed by atoms with E-state index in [0.717, 1.165) is 11.6 Å². The molecule has 18 heavy (non-hydrogen) atoms. The highest BCUT2D eigenvalue weighted by molar-refractivity contribution is 6.30. The highest BCUT2D eigenvalue weighted by Gasteiger charge is 2.26. The molecule has 0 spiro atoms. The minimum absolute atomic E-state index is 0.377. The van der Waals surface area contributed by atoms with Crippen LogP contribution in [0.15, 0.2) is 24.3 Å². The monoisotopic (exact) mass is 265 g/mol. The lowest BCUT2D eigenvalue weighted by Crippen LogP contribution is -2.34. The molecule has 1 aliphatic rings. The van der Waals surface area contributed by atoms with Crippen molar-refractivity contribution in [2.75, 3.05) is 6.54 Å². The van der Waals surface area contributed by atoms with Gasteiger partial charge in [0.15, 0.2) is 0 Å². The number of nitrogens with one attached hydrogen (secondary N) is 1. The zero-order chi connectivity index (χ0) is 13.0. The molecule has 1 nitrogen and oxygen atoms in total. The van der Waals surface area contributed by atoms with E-state index in [-0.39, 0.29) is 0 Å². The first-order valence-corrected chi connectivity index (χ1v) is 7.46. The maximum atomic E-state index is 6.04. The van der Waals surface area contributed by atoms with Crippen LogP contribution in [0.2, 0.25) is 5.02 Å². The third-order valence-corrected chi connectivity index (χ3v) is 4.48. The van der Waals surface area contributed by atoms with Crippen molar-refractivity contribution in [1.29, 1.82) is 0 Å². The molecular formula is C16H24ClN. The average molecular weight is 266 g/mol. The van der Waals surface area contributed by atoms with Gasteiger partial charge in [-0.2, -0.15) is 0 Å². The first kappa shape index (κ1) is 13.9. The quantitative estimate of drug-likeness (QED) is 0.811. The van der Waals surface area contributed by atoms with E-state index in [4.69, 9.17) is 11.6 Å². The van der Waals surface area contributed by atoms with Crippen molar-refractivity contribution >= 4 is 11.6 Å². The molecule has 0 heterocycles. The number of hydrogen-bond acceptors (Lipinski definition) is 1. The summed E-state index contributed by atoms with van der Waals surface area (Å²) in [5.41, 5.74) is 1.77. The molecule has 0 aliphatic heterocycles. The van der Waals surface area contributed by atoms with Crippen molar-refractivity contribution in [3.8, 4) is 0 Å². The number of rotatable bonds is 4. The maximum Gasteiger partial charge on any atom is 0.0409 e. The van der Waals surface area contributed by atoms with Crippen LogP contribution in [-0.4, -0.2) is 6.54 Å². The zero-order valence-corrected chi connectivity index (χ0v) is 12.3. The molecule has 1 N–H and O–H groups in total. The fourth-order valence-corrected chi connectivity index (χ4v) is 3.07. The van der Waals surface area contributed by atoms with Gasteiger partial charge in [0.05, 0.1) is 0 Å². The van der Waals surface area contributed by atoms with E-state index in [1.807, 2.05) is 12.1 Å². The summed E-state index contributed by atoms with van der Waals surface area (Å²) >= 11 is 6.04. The fourth-order valence-electron chi connectivity index (χ4n) is 2.88. The van der Waals surface area contributed by atoms with Crippen LogP contribution in [0.25, 0.3) is 0 Å². The van der Waals surface area contributed by atoms with Crippen LogP contribution in [0.5, 0.6) is 0 Å². The average Bonchev–Trinajstić information content (AvgIpc) is 2.37. The Morgan fingerprint density at radius 1 is 1.28 bits per heavy atom. The molecule has 1 fully saturated rings. The van der Waals surface area contributed by atoms with E-state index < -0.39 is 0 Å². The van der Waals surface area contributed by atoms with Gasteiger partial charge in [-0.1, -0.05) is 49.9 Å². The number of halogens is 1. The second-order valence-electron chi connectivity index (χ2n) is 6.03. The van der Waals surface area contributed by atoms with E-state index in [2.05, 4.69) is 31.3 Å². The predicted molar refractivity (Wildman–Crippen MR) is 79.1 cm³/mol. The molecule has 0 amide bonds. The largest absolute Gasteiger partial charge is 0.310 e. The molecule has 0 bridgehead atoms. The van der Waals surface area contributed by atoms with Gasteiger partial charge in [0.25, 0.3) is 0 Å². The zero-order valence-electron chi connectivity index (χ0n) is 11.5. The van der Waals surface area contributed by atoms with Crippen LogP contribution < -0.4 is 5.32 Å². The van der Waals surface area contributed by atoms with Gasteiger partial charge >= 0.3 is 0 Å². The normalized spacial score (nSPS) is 20.6. The lowest BCUT2D eigenvalue weighted by molar-refractivity contribution is 0.202. The van der Waals surface area contributed by atoms with E-state index in [1.165, 1.54) is 37.7 Å². The van der Waals surface area contributed by atoms with Crippen molar-refractivity contribution in [2.24, 2.45) is 5.41 Å². The Kier molecular flexibility index (Phi) is 4.69. The summed E-state index contributed by atoms with van der Waals surface area (Å²) in [5, 5.41) is 4.50. The second-order valence-corrected chi connectivity index (χ2v) is 6.47. The Balaban J connectivity index is 1.89. The summed E-state index contributed by atoms with van der Waals surface area (Å²) in [6, 6.07) is 8.54. The molecule has 1 aromatic rings. The Morgan fingerprint density at radius 3 is 2.67 bits per heavy atom. The van der Waals surface area contributed by atoms with Crippen molar-refractivity contribution in [2.45, 2.75) is 52.0 Å². The van der Waals surface area contributed by atoms with Crippen molar-refractivity contribution < 1.29 is 0 Å². The van der Waals surface area contributed by atoms with E-state index in [9.17, 15) is 0 Å². The SMILES string of the molecule is CC(NCC1(C)CCCCC1)c1cccc(Cl)c1. The predicted octanol–water partition coefficient (Wildman–Crippen LogP) is 4.96. The van der Waals surface area contributed by atoms with Crippen molar-refractivity contribution in [3.63, 3.8) is 0 Å². The smallest absolute Gasteiger partial charge is 0.0409 e. The highest BCUT2D eigenvalue weighted by Crippen LogP contribution is 2.35. The Labute approximate surface area is 116 Å². The van der Waals surface area contributed by atoms with Gasteiger partial charge in [0.1, 0.15) is 0 Å². The van der Waals surface area contributed by atoms with E-state index in [0.29, 0.717) is 11.5 Å². The van der Waals surface area contributed by atoms with Gasteiger partial charge in [-0.15, -0.1) is 0 Å². The molecule has 1 atom stereocenters. The third kappa shape index (κ3) is 3.73. The minimum atomic E-state index is 0.377. The van der Waals surface area contributed by atoms with E-state index in [1.54, 1.807) is 0 Å². The topological polar surface area (TPSA) is 12.0 Å². The number of hydrogen-bond donors (Lipinski definition) is 1. The third-order valence-electron chi connectivity index (χ3n) is 4.24. The van der Waals surface area contributed by atoms with Gasteiger partial charge in [0, 0.05) is 17.6 Å². The number of benzene rings is 1. The highest BCUT2D eigenvalue weighted by atomic mass is 35.5. The van der Waals surface area contributed by atoms with Crippen LogP contribution in [0.3, 0.4) is 0 Å². The van der Waals surface area contributed by atoms with Gasteiger partial charge < -0.3 is 5.32 Å². The molecule has 1 aliphatic carbocycles. The summed E-state index contributed by atoms with van der Waals surface area (Å²) in [5.74, 6) is 0. The molecule has 1 aromatic carbocycles. The Bertz CT molecular complexity index is 382. The molecule has 0 radical (unpaired) electrons. The van der Waals surface area contributed by atoms with E-state index >= 15 is 0 Å². The van der Waals surface area contributed by atoms with Crippen LogP contribution in [0.1, 0.15) is 57.6 Å². The lowest BCUT2D eigenvalue weighted by Gasteiger charge is -2.35. The van der Waals surface area contributed by atoms with Gasteiger partial charge in [-0.25, -0.2) is 0 Å². The van der Waals surface area contributed by atoms with Gasteiger partial charge in [-0.05, 0) is 42.9 Å². The van der Waals surface area contributed by atoms with Crippen LogP contribution in [0.4, 0.5) is 0 Å². The summed E-state index contributed by atoms with van der Waals surface area (Å²) < 4.78 is 0.